The summed E-state index contributed by atoms with van der Waals surface area (Å²) in [6.45, 7) is 8.92. The average Bonchev–Trinajstić information content (AvgIpc) is 2.80. The van der Waals surface area contributed by atoms with Crippen LogP contribution in [0.25, 0.3) is 5.57 Å². The summed E-state index contributed by atoms with van der Waals surface area (Å²) in [6.07, 6.45) is 8.91. The predicted octanol–water partition coefficient (Wildman–Crippen LogP) is 6.74. The molecule has 1 aliphatic rings. The zero-order valence-electron chi connectivity index (χ0n) is 20.5. The van der Waals surface area contributed by atoms with Gasteiger partial charge in [-0.1, -0.05) is 62.4 Å². The van der Waals surface area contributed by atoms with Crippen molar-refractivity contribution in [3.05, 3.63) is 88.5 Å². The Labute approximate surface area is 207 Å². The van der Waals surface area contributed by atoms with Gasteiger partial charge >= 0.3 is 5.97 Å². The molecule has 2 atom stereocenters. The highest BCUT2D eigenvalue weighted by Gasteiger charge is 2.20. The number of carbonyl (C=O) groups excluding carboxylic acids is 1. The van der Waals surface area contributed by atoms with Crippen LogP contribution in [0.4, 0.5) is 0 Å². The lowest BCUT2D eigenvalue weighted by atomic mass is 9.96. The van der Waals surface area contributed by atoms with Gasteiger partial charge < -0.3 is 10.4 Å². The summed E-state index contributed by atoms with van der Waals surface area (Å²) in [4.78, 5) is 22.9. The van der Waals surface area contributed by atoms with Crippen molar-refractivity contribution < 1.29 is 14.7 Å². The second-order valence-corrected chi connectivity index (χ2v) is 10.8. The van der Waals surface area contributed by atoms with Gasteiger partial charge in [0.05, 0.1) is 6.42 Å². The molecule has 180 valence electrons. The lowest BCUT2D eigenvalue weighted by Gasteiger charge is -2.25. The molecule has 0 bridgehead atoms. The lowest BCUT2D eigenvalue weighted by Crippen LogP contribution is -2.25. The summed E-state index contributed by atoms with van der Waals surface area (Å²) in [6, 6.07) is 14.4. The highest BCUT2D eigenvalue weighted by molar-refractivity contribution is 8.00. The Hall–Kier alpha value is -2.79. The van der Waals surface area contributed by atoms with E-state index >= 15 is 0 Å². The molecular weight excluding hydrogens is 442 g/mol. The van der Waals surface area contributed by atoms with Crippen molar-refractivity contribution in [1.29, 1.82) is 0 Å². The molecule has 5 heteroatoms. The number of benzene rings is 2. The number of carboxylic acids is 1. The molecule has 0 saturated heterocycles. The number of hydrogen-bond acceptors (Lipinski definition) is 3. The summed E-state index contributed by atoms with van der Waals surface area (Å²) < 4.78 is 0. The number of aryl methyl sites for hydroxylation is 2. The Balaban J connectivity index is 1.64. The molecule has 2 aromatic rings. The van der Waals surface area contributed by atoms with E-state index in [1.807, 2.05) is 36.0 Å². The fraction of sp³-hybridized carbons (Fsp3) is 0.379. The quantitative estimate of drug-likeness (QED) is 0.398. The molecule has 0 aromatic heterocycles. The number of thioether (sulfide) groups is 1. The highest BCUT2D eigenvalue weighted by atomic mass is 32.2. The van der Waals surface area contributed by atoms with Crippen molar-refractivity contribution in [2.75, 3.05) is 6.54 Å². The third-order valence-corrected chi connectivity index (χ3v) is 7.59. The second kappa shape index (κ2) is 12.1. The van der Waals surface area contributed by atoms with Crippen LogP contribution in [0.2, 0.25) is 0 Å². The molecule has 1 amide bonds. The molecule has 0 radical (unpaired) electrons. The first-order valence-corrected chi connectivity index (χ1v) is 12.9. The molecular formula is C29H35NO3S. The van der Waals surface area contributed by atoms with Crippen LogP contribution in [-0.4, -0.2) is 28.8 Å². The molecule has 2 N–H and O–H groups in total. The van der Waals surface area contributed by atoms with Gasteiger partial charge in [0.15, 0.2) is 0 Å². The Bertz CT molecular complexity index is 1070. The van der Waals surface area contributed by atoms with Crippen LogP contribution in [0, 0.1) is 19.8 Å². The Kier molecular flexibility index (Phi) is 9.17. The third-order valence-electron chi connectivity index (χ3n) is 6.09. The first-order chi connectivity index (χ1) is 16.2. The molecule has 0 spiro atoms. The van der Waals surface area contributed by atoms with E-state index in [0.717, 1.165) is 12.8 Å². The van der Waals surface area contributed by atoms with Crippen molar-refractivity contribution >= 4 is 29.2 Å². The fourth-order valence-electron chi connectivity index (χ4n) is 3.98. The Morgan fingerprint density at radius 3 is 2.41 bits per heavy atom. The number of carboxylic acid groups (broad SMARTS) is 1. The molecule has 0 saturated carbocycles. The number of aliphatic carboxylic acids is 1. The minimum atomic E-state index is -0.920. The molecule has 1 aliphatic carbocycles. The van der Waals surface area contributed by atoms with Crippen molar-refractivity contribution in [3.63, 3.8) is 0 Å². The average molecular weight is 478 g/mol. The van der Waals surface area contributed by atoms with Gasteiger partial charge in [-0.25, -0.2) is 0 Å². The van der Waals surface area contributed by atoms with Gasteiger partial charge in [-0.2, -0.15) is 0 Å². The van der Waals surface area contributed by atoms with Gasteiger partial charge in [0.2, 0.25) is 0 Å². The van der Waals surface area contributed by atoms with Gasteiger partial charge in [0.1, 0.15) is 0 Å². The first-order valence-electron chi connectivity index (χ1n) is 11.9. The smallest absolute Gasteiger partial charge is 0.305 e. The van der Waals surface area contributed by atoms with Gasteiger partial charge in [0.25, 0.3) is 5.91 Å². The summed E-state index contributed by atoms with van der Waals surface area (Å²) in [5.74, 6) is -0.595. The summed E-state index contributed by atoms with van der Waals surface area (Å²) >= 11 is 1.98. The first kappa shape index (κ1) is 25.8. The highest BCUT2D eigenvalue weighted by Crippen LogP contribution is 2.41. The van der Waals surface area contributed by atoms with Crippen LogP contribution in [0.3, 0.4) is 0 Å². The van der Waals surface area contributed by atoms with E-state index in [4.69, 9.17) is 5.11 Å². The van der Waals surface area contributed by atoms with E-state index in [-0.39, 0.29) is 18.9 Å². The molecule has 2 aromatic carbocycles. The number of nitrogens with one attached hydrogen (secondary N) is 1. The minimum absolute atomic E-state index is 0.0779. The van der Waals surface area contributed by atoms with E-state index in [1.165, 1.54) is 27.8 Å². The number of amides is 1. The van der Waals surface area contributed by atoms with Crippen molar-refractivity contribution in [2.24, 2.45) is 5.92 Å². The molecule has 3 rings (SSSR count). The maximum absolute atomic E-state index is 12.3. The van der Waals surface area contributed by atoms with Crippen LogP contribution in [0.5, 0.6) is 0 Å². The predicted molar refractivity (Wildman–Crippen MR) is 142 cm³/mol. The molecule has 2 unspecified atom stereocenters. The van der Waals surface area contributed by atoms with Gasteiger partial charge in [-0.05, 0) is 72.6 Å². The van der Waals surface area contributed by atoms with Crippen molar-refractivity contribution in [2.45, 2.75) is 57.5 Å². The van der Waals surface area contributed by atoms with E-state index in [9.17, 15) is 9.59 Å². The summed E-state index contributed by atoms with van der Waals surface area (Å²) in [5, 5.41) is 12.2. The number of hydrogen-bond donors (Lipinski definition) is 2. The minimum Gasteiger partial charge on any atom is -0.481 e. The molecule has 0 heterocycles. The second-order valence-electron chi connectivity index (χ2n) is 9.37. The molecule has 0 fully saturated rings. The number of rotatable bonds is 10. The Morgan fingerprint density at radius 2 is 1.82 bits per heavy atom. The van der Waals surface area contributed by atoms with Crippen LogP contribution in [0.15, 0.2) is 60.7 Å². The van der Waals surface area contributed by atoms with E-state index in [0.29, 0.717) is 22.0 Å². The summed E-state index contributed by atoms with van der Waals surface area (Å²) in [7, 11) is 0. The van der Waals surface area contributed by atoms with E-state index in [1.54, 1.807) is 0 Å². The third kappa shape index (κ3) is 7.36. The number of allylic oxidation sites excluding steroid dienone is 3. The summed E-state index contributed by atoms with van der Waals surface area (Å²) in [5.41, 5.74) is 6.98. The SMILES string of the molecule is Cc1ccc(C2=CCC(SC(CC(C)C)c3ccc(C(=O)NCCC(=O)O)cc3)C=C2)cc1C. The standard InChI is InChI=1S/C29H35NO3S/c1-19(2)17-27(23-7-9-24(10-8-23)29(33)30-16-15-28(31)32)34-26-13-11-22(12-14-26)25-6-5-20(3)21(4)18-25/h5-13,18-19,26-27H,14-17H2,1-4H3,(H,30,33)(H,31,32). The van der Waals surface area contributed by atoms with Gasteiger partial charge in [-0.15, -0.1) is 11.8 Å². The molecule has 34 heavy (non-hydrogen) atoms. The van der Waals surface area contributed by atoms with Gasteiger partial charge in [-0.3, -0.25) is 9.59 Å². The monoisotopic (exact) mass is 477 g/mol. The fourth-order valence-corrected chi connectivity index (χ4v) is 5.59. The van der Waals surface area contributed by atoms with Crippen molar-refractivity contribution in [1.82, 2.24) is 5.32 Å². The van der Waals surface area contributed by atoms with E-state index < -0.39 is 5.97 Å². The van der Waals surface area contributed by atoms with Crippen LogP contribution in [0.1, 0.15) is 71.0 Å². The van der Waals surface area contributed by atoms with Gasteiger partial charge in [0, 0.05) is 22.6 Å². The largest absolute Gasteiger partial charge is 0.481 e. The molecule has 0 aliphatic heterocycles. The van der Waals surface area contributed by atoms with Crippen LogP contribution < -0.4 is 5.32 Å². The van der Waals surface area contributed by atoms with Crippen LogP contribution >= 0.6 is 11.8 Å². The normalized spacial score (nSPS) is 16.3. The van der Waals surface area contributed by atoms with Crippen LogP contribution in [-0.2, 0) is 4.79 Å². The van der Waals surface area contributed by atoms with E-state index in [2.05, 4.69) is 69.4 Å². The zero-order chi connectivity index (χ0) is 24.7. The lowest BCUT2D eigenvalue weighted by molar-refractivity contribution is -0.136. The topological polar surface area (TPSA) is 66.4 Å². The Morgan fingerprint density at radius 1 is 1.09 bits per heavy atom. The number of carbonyl (C=O) groups is 2. The zero-order valence-corrected chi connectivity index (χ0v) is 21.3. The maximum atomic E-state index is 12.3. The van der Waals surface area contributed by atoms with Crippen molar-refractivity contribution in [3.8, 4) is 0 Å². The molecule has 4 nitrogen and oxygen atoms in total. The maximum Gasteiger partial charge on any atom is 0.305 e.